The molecule has 37 valence electrons. The van der Waals surface area contributed by atoms with E-state index in [2.05, 4.69) is 29.9 Å². The van der Waals surface area contributed by atoms with E-state index < -0.39 is 0 Å². The molecule has 0 aromatic heterocycles. The van der Waals surface area contributed by atoms with Crippen LogP contribution >= 0.6 is 0 Å². The third-order valence-corrected chi connectivity index (χ3v) is 2.31. The Kier molecular flexibility index (Phi) is 4.02. The van der Waals surface area contributed by atoms with Crippen molar-refractivity contribution in [3.05, 3.63) is 0 Å². The maximum absolute atomic E-state index is 3.08. The van der Waals surface area contributed by atoms with Crippen LogP contribution in [0.4, 0.5) is 0 Å². The van der Waals surface area contributed by atoms with Gasteiger partial charge in [-0.05, 0) is 0 Å². The molecule has 0 unspecified atom stereocenters. The molecule has 0 atom stereocenters. The van der Waals surface area contributed by atoms with Crippen LogP contribution in [-0.4, -0.2) is 16.0 Å². The SMILES string of the molecule is CCC([Se])CC. The molecule has 0 spiro atoms. The van der Waals surface area contributed by atoms with Crippen LogP contribution in [0, 0.1) is 0 Å². The molecule has 0 N–H and O–H groups in total. The number of rotatable bonds is 2. The summed E-state index contributed by atoms with van der Waals surface area (Å²) in [4.78, 5) is 0.810. The summed E-state index contributed by atoms with van der Waals surface area (Å²) in [7, 11) is 0. The van der Waals surface area contributed by atoms with Crippen LogP contribution in [0.5, 0.6) is 0 Å². The van der Waals surface area contributed by atoms with Crippen molar-refractivity contribution in [1.82, 2.24) is 0 Å². The van der Waals surface area contributed by atoms with Crippen LogP contribution in [0.25, 0.3) is 0 Å². The third-order valence-electron chi connectivity index (χ3n) is 0.911. The van der Waals surface area contributed by atoms with Crippen LogP contribution in [-0.2, 0) is 0 Å². The summed E-state index contributed by atoms with van der Waals surface area (Å²) < 4.78 is 0. The Bertz CT molecular complexity index is 23.1. The number of hydrogen-bond acceptors (Lipinski definition) is 0. The molecule has 0 saturated heterocycles. The Hall–Kier alpha value is 0.519. The normalized spacial score (nSPS) is 10.0. The average Bonchev–Trinajstić information content (AvgIpc) is 1.65. The van der Waals surface area contributed by atoms with E-state index in [-0.39, 0.29) is 0 Å². The van der Waals surface area contributed by atoms with Crippen molar-refractivity contribution in [3.63, 3.8) is 0 Å². The molecule has 1 radical (unpaired) electrons. The molecule has 0 heterocycles. The van der Waals surface area contributed by atoms with E-state index in [1.54, 1.807) is 0 Å². The Labute approximate surface area is 48.1 Å². The predicted octanol–water partition coefficient (Wildman–Crippen LogP) is 1.76. The van der Waals surface area contributed by atoms with Crippen molar-refractivity contribution < 1.29 is 0 Å². The fraction of sp³-hybridized carbons (Fsp3) is 1.00. The molecule has 1 heteroatoms. The molecular weight excluding hydrogens is 139 g/mol. The van der Waals surface area contributed by atoms with Crippen LogP contribution in [0.1, 0.15) is 26.7 Å². The van der Waals surface area contributed by atoms with E-state index in [1.807, 2.05) is 0 Å². The molecule has 0 fully saturated rings. The molecule has 0 aromatic rings. The second kappa shape index (κ2) is 3.70. The van der Waals surface area contributed by atoms with Crippen molar-refractivity contribution in [2.75, 3.05) is 0 Å². The van der Waals surface area contributed by atoms with Gasteiger partial charge in [0.05, 0.1) is 0 Å². The summed E-state index contributed by atoms with van der Waals surface area (Å²) in [5.74, 6) is 0. The van der Waals surface area contributed by atoms with Gasteiger partial charge in [-0.15, -0.1) is 0 Å². The molecule has 0 nitrogen and oxygen atoms in total. The van der Waals surface area contributed by atoms with Crippen molar-refractivity contribution >= 4 is 16.0 Å². The predicted molar refractivity (Wildman–Crippen MR) is 30.1 cm³/mol. The first-order valence-electron chi connectivity index (χ1n) is 2.47. The second-order valence-corrected chi connectivity index (χ2v) is 2.84. The molecule has 0 bridgehead atoms. The van der Waals surface area contributed by atoms with Gasteiger partial charge in [-0.1, -0.05) is 0 Å². The zero-order valence-electron chi connectivity index (χ0n) is 4.40. The zero-order valence-corrected chi connectivity index (χ0v) is 6.11. The van der Waals surface area contributed by atoms with E-state index in [4.69, 9.17) is 0 Å². The molecular formula is C5H11Se. The fourth-order valence-electron chi connectivity index (χ4n) is 0.289. The van der Waals surface area contributed by atoms with E-state index in [0.717, 1.165) is 4.82 Å². The average molecular weight is 150 g/mol. The summed E-state index contributed by atoms with van der Waals surface area (Å²) >= 11 is 3.08. The van der Waals surface area contributed by atoms with Crippen LogP contribution in [0.2, 0.25) is 4.82 Å². The molecule has 0 rings (SSSR count). The monoisotopic (exact) mass is 151 g/mol. The molecule has 0 aromatic carbocycles. The number of hydrogen-bond donors (Lipinski definition) is 0. The van der Waals surface area contributed by atoms with Crippen LogP contribution in [0.3, 0.4) is 0 Å². The molecule has 0 aliphatic heterocycles. The summed E-state index contributed by atoms with van der Waals surface area (Å²) in [6, 6.07) is 0. The summed E-state index contributed by atoms with van der Waals surface area (Å²) in [5.41, 5.74) is 0. The Morgan fingerprint density at radius 1 is 1.33 bits per heavy atom. The summed E-state index contributed by atoms with van der Waals surface area (Å²) in [6.45, 7) is 4.40. The van der Waals surface area contributed by atoms with E-state index >= 15 is 0 Å². The van der Waals surface area contributed by atoms with Gasteiger partial charge in [0, 0.05) is 0 Å². The molecule has 0 aliphatic carbocycles. The van der Waals surface area contributed by atoms with Gasteiger partial charge < -0.3 is 0 Å². The Morgan fingerprint density at radius 3 is 1.67 bits per heavy atom. The standard InChI is InChI=1S/C5H11Se/c1-3-5(6)4-2/h5H,3-4H2,1-2H3. The quantitative estimate of drug-likeness (QED) is 0.526. The van der Waals surface area contributed by atoms with Gasteiger partial charge in [0.25, 0.3) is 0 Å². The third kappa shape index (κ3) is 2.74. The van der Waals surface area contributed by atoms with E-state index in [1.165, 1.54) is 12.8 Å². The van der Waals surface area contributed by atoms with Gasteiger partial charge in [0.1, 0.15) is 0 Å². The first-order valence-corrected chi connectivity index (χ1v) is 3.46. The summed E-state index contributed by atoms with van der Waals surface area (Å²) in [5, 5.41) is 0. The van der Waals surface area contributed by atoms with Gasteiger partial charge in [-0.25, -0.2) is 0 Å². The minimum atomic E-state index is 0.810. The maximum atomic E-state index is 3.08. The van der Waals surface area contributed by atoms with E-state index in [0.29, 0.717) is 0 Å². The van der Waals surface area contributed by atoms with Gasteiger partial charge in [0.15, 0.2) is 0 Å². The topological polar surface area (TPSA) is 0 Å². The molecule has 0 amide bonds. The van der Waals surface area contributed by atoms with Gasteiger partial charge in [0.2, 0.25) is 0 Å². The van der Waals surface area contributed by atoms with Gasteiger partial charge >= 0.3 is 47.5 Å². The minimum absolute atomic E-state index is 0.810. The fourth-order valence-corrected chi connectivity index (χ4v) is 0.289. The first-order chi connectivity index (χ1) is 2.81. The van der Waals surface area contributed by atoms with Crippen molar-refractivity contribution in [3.8, 4) is 0 Å². The molecule has 0 aliphatic rings. The zero-order chi connectivity index (χ0) is 4.99. The first kappa shape index (κ1) is 6.52. The van der Waals surface area contributed by atoms with Gasteiger partial charge in [-0.2, -0.15) is 0 Å². The summed E-state index contributed by atoms with van der Waals surface area (Å²) in [6.07, 6.45) is 2.55. The van der Waals surface area contributed by atoms with Crippen molar-refractivity contribution in [2.24, 2.45) is 0 Å². The van der Waals surface area contributed by atoms with Crippen molar-refractivity contribution in [1.29, 1.82) is 0 Å². The second-order valence-electron chi connectivity index (χ2n) is 1.44. The Morgan fingerprint density at radius 2 is 1.67 bits per heavy atom. The Balaban J connectivity index is 2.75. The van der Waals surface area contributed by atoms with Gasteiger partial charge in [-0.3, -0.25) is 0 Å². The molecule has 0 saturated carbocycles. The van der Waals surface area contributed by atoms with Crippen LogP contribution in [0.15, 0.2) is 0 Å². The molecule has 6 heavy (non-hydrogen) atoms. The van der Waals surface area contributed by atoms with E-state index in [9.17, 15) is 0 Å². The van der Waals surface area contributed by atoms with Crippen LogP contribution < -0.4 is 0 Å². The van der Waals surface area contributed by atoms with Crippen molar-refractivity contribution in [2.45, 2.75) is 31.5 Å².